The van der Waals surface area contributed by atoms with Gasteiger partial charge in [0.2, 0.25) is 11.8 Å². The molecule has 0 saturated carbocycles. The number of hydrogen-bond acceptors (Lipinski definition) is 5. The second-order valence-electron chi connectivity index (χ2n) is 8.58. The zero-order valence-electron chi connectivity index (χ0n) is 19.8. The van der Waals surface area contributed by atoms with E-state index in [0.29, 0.717) is 47.1 Å². The average Bonchev–Trinajstić information content (AvgIpc) is 2.87. The number of H-pyrrole nitrogens is 1. The Morgan fingerprint density at radius 2 is 1.83 bits per heavy atom. The fraction of sp³-hybridized carbons (Fsp3) is 0.308. The van der Waals surface area contributed by atoms with Gasteiger partial charge in [-0.1, -0.05) is 31.2 Å². The number of piperazine rings is 1. The Morgan fingerprint density at radius 3 is 2.54 bits per heavy atom. The molecule has 1 fully saturated rings. The van der Waals surface area contributed by atoms with Crippen LogP contribution in [0.15, 0.2) is 58.9 Å². The average molecular weight is 478 g/mol. The summed E-state index contributed by atoms with van der Waals surface area (Å²) < 4.78 is 14.5. The molecule has 0 spiro atoms. The second kappa shape index (κ2) is 10.6. The third-order valence-corrected chi connectivity index (χ3v) is 6.23. The molecule has 8 nitrogen and oxygen atoms in total. The lowest BCUT2D eigenvalue weighted by molar-refractivity contribution is -0.129. The summed E-state index contributed by atoms with van der Waals surface area (Å²) in [4.78, 5) is 41.3. The number of carbonyl (C=O) groups excluding carboxylic acids is 2. The smallest absolute Gasteiger partial charge is 0.272 e. The van der Waals surface area contributed by atoms with Crippen molar-refractivity contribution in [3.8, 4) is 0 Å². The van der Waals surface area contributed by atoms with E-state index in [9.17, 15) is 18.8 Å². The van der Waals surface area contributed by atoms with E-state index < -0.39 is 11.7 Å². The number of aromatic nitrogens is 2. The number of carbonyl (C=O) groups is 2. The first-order valence-electron chi connectivity index (χ1n) is 11.6. The third kappa shape index (κ3) is 5.63. The lowest BCUT2D eigenvalue weighted by Crippen LogP contribution is -2.48. The van der Waals surface area contributed by atoms with E-state index in [-0.39, 0.29) is 17.2 Å². The molecule has 0 unspecified atom stereocenters. The fourth-order valence-electron chi connectivity index (χ4n) is 4.22. The monoisotopic (exact) mass is 477 g/mol. The van der Waals surface area contributed by atoms with Crippen LogP contribution in [-0.4, -0.2) is 64.5 Å². The first kappa shape index (κ1) is 24.3. The highest BCUT2D eigenvalue weighted by Crippen LogP contribution is 2.21. The molecule has 2 aromatic carbocycles. The molecule has 2 heterocycles. The van der Waals surface area contributed by atoms with Crippen molar-refractivity contribution in [3.05, 3.63) is 81.5 Å². The first-order chi connectivity index (χ1) is 16.9. The van der Waals surface area contributed by atoms with E-state index in [1.54, 1.807) is 30.0 Å². The molecular weight excluding hydrogens is 449 g/mol. The van der Waals surface area contributed by atoms with Crippen molar-refractivity contribution >= 4 is 28.3 Å². The topological polar surface area (TPSA) is 98.4 Å². The maximum Gasteiger partial charge on any atom is 0.272 e. The molecule has 1 aliphatic rings. The van der Waals surface area contributed by atoms with Crippen molar-refractivity contribution in [2.24, 2.45) is 0 Å². The summed E-state index contributed by atoms with van der Waals surface area (Å²) in [6.07, 6.45) is 1.54. The summed E-state index contributed by atoms with van der Waals surface area (Å²) in [5.74, 6) is -1.36. The molecule has 4 rings (SSSR count). The molecule has 0 bridgehead atoms. The molecule has 2 N–H and O–H groups in total. The molecule has 182 valence electrons. The molecule has 0 aliphatic carbocycles. The van der Waals surface area contributed by atoms with Crippen LogP contribution in [0.25, 0.3) is 10.8 Å². The Kier molecular flexibility index (Phi) is 7.36. The van der Waals surface area contributed by atoms with Crippen molar-refractivity contribution in [3.63, 3.8) is 0 Å². The maximum absolute atomic E-state index is 14.5. The molecule has 1 saturated heterocycles. The van der Waals surface area contributed by atoms with Crippen LogP contribution in [-0.2, 0) is 16.0 Å². The van der Waals surface area contributed by atoms with Gasteiger partial charge >= 0.3 is 0 Å². The van der Waals surface area contributed by atoms with Crippen LogP contribution in [0.4, 0.5) is 10.1 Å². The quantitative estimate of drug-likeness (QED) is 0.532. The molecule has 3 aromatic rings. The van der Waals surface area contributed by atoms with Crippen molar-refractivity contribution in [2.45, 2.75) is 20.3 Å². The minimum atomic E-state index is -0.588. The predicted octanol–water partition coefficient (Wildman–Crippen LogP) is 2.70. The molecule has 0 radical (unpaired) electrons. The van der Waals surface area contributed by atoms with Gasteiger partial charge in [-0.05, 0) is 37.2 Å². The largest absolute Gasteiger partial charge is 0.336 e. The summed E-state index contributed by atoms with van der Waals surface area (Å²) in [6.45, 7) is 7.46. The molecule has 1 aliphatic heterocycles. The molecule has 0 atom stereocenters. The van der Waals surface area contributed by atoms with E-state index in [1.807, 2.05) is 12.1 Å². The highest BCUT2D eigenvalue weighted by molar-refractivity contribution is 6.05. The number of amides is 2. The van der Waals surface area contributed by atoms with Crippen LogP contribution in [0, 0.1) is 5.82 Å². The van der Waals surface area contributed by atoms with Crippen molar-refractivity contribution < 1.29 is 14.0 Å². The Labute approximate surface area is 202 Å². The van der Waals surface area contributed by atoms with E-state index in [2.05, 4.69) is 27.3 Å². The number of fused-ring (bicyclic) bond motifs is 1. The minimum absolute atomic E-state index is 0.00860. The van der Waals surface area contributed by atoms with Gasteiger partial charge in [-0.25, -0.2) is 9.49 Å². The number of rotatable bonds is 6. The first-order valence-corrected chi connectivity index (χ1v) is 11.6. The van der Waals surface area contributed by atoms with Gasteiger partial charge in [-0.15, -0.1) is 0 Å². The van der Waals surface area contributed by atoms with Gasteiger partial charge in [0.25, 0.3) is 5.56 Å². The van der Waals surface area contributed by atoms with E-state index in [4.69, 9.17) is 0 Å². The highest BCUT2D eigenvalue weighted by Gasteiger charge is 2.21. The van der Waals surface area contributed by atoms with Crippen LogP contribution in [0.1, 0.15) is 25.1 Å². The number of anilines is 1. The maximum atomic E-state index is 14.5. The zero-order chi connectivity index (χ0) is 24.9. The van der Waals surface area contributed by atoms with Gasteiger partial charge < -0.3 is 15.1 Å². The van der Waals surface area contributed by atoms with Crippen molar-refractivity contribution in [1.82, 2.24) is 20.0 Å². The lowest BCUT2D eigenvalue weighted by atomic mass is 10.0. The van der Waals surface area contributed by atoms with Gasteiger partial charge in [0, 0.05) is 49.6 Å². The number of halogens is 1. The molecule has 2 amide bonds. The summed E-state index contributed by atoms with van der Waals surface area (Å²) in [5, 5.41) is 10.4. The predicted molar refractivity (Wildman–Crippen MR) is 133 cm³/mol. The van der Waals surface area contributed by atoms with Crippen LogP contribution < -0.4 is 10.9 Å². The minimum Gasteiger partial charge on any atom is -0.336 e. The normalized spacial score (nSPS) is 14.8. The number of aromatic amines is 1. The molecule has 35 heavy (non-hydrogen) atoms. The van der Waals surface area contributed by atoms with Gasteiger partial charge in [-0.3, -0.25) is 14.4 Å². The van der Waals surface area contributed by atoms with Gasteiger partial charge in [-0.2, -0.15) is 5.10 Å². The zero-order valence-corrected chi connectivity index (χ0v) is 19.8. The molecular formula is C26H28FN5O3. The summed E-state index contributed by atoms with van der Waals surface area (Å²) in [7, 11) is 0. The van der Waals surface area contributed by atoms with E-state index in [1.165, 1.54) is 18.2 Å². The van der Waals surface area contributed by atoms with E-state index >= 15 is 0 Å². The number of hydrogen-bond donors (Lipinski definition) is 2. The summed E-state index contributed by atoms with van der Waals surface area (Å²) in [5.41, 5.74) is 1.37. The van der Waals surface area contributed by atoms with E-state index in [0.717, 1.165) is 19.6 Å². The standard InChI is InChI=1S/C26H28FN5O3/c1-3-31-10-12-32(13-11-31)26(35)17(2)14-24(33)28-23-16-18(8-9-21(23)27)15-22-19-6-4-5-7-20(19)25(34)30-29-22/h4-9,14,16H,3,10-13,15H2,1-2H3,(H,28,33)(H,30,34)/b17-14-. The fourth-order valence-corrected chi connectivity index (χ4v) is 4.22. The molecule has 1 aromatic heterocycles. The van der Waals surface area contributed by atoms with Crippen LogP contribution >= 0.6 is 0 Å². The number of nitrogens with one attached hydrogen (secondary N) is 2. The van der Waals surface area contributed by atoms with Crippen LogP contribution in [0.3, 0.4) is 0 Å². The van der Waals surface area contributed by atoms with Gasteiger partial charge in [0.15, 0.2) is 0 Å². The second-order valence-corrected chi connectivity index (χ2v) is 8.58. The van der Waals surface area contributed by atoms with Crippen LogP contribution in [0.2, 0.25) is 0 Å². The Morgan fingerprint density at radius 1 is 1.11 bits per heavy atom. The van der Waals surface area contributed by atoms with Crippen molar-refractivity contribution in [2.75, 3.05) is 38.0 Å². The van der Waals surface area contributed by atoms with Crippen LogP contribution in [0.5, 0.6) is 0 Å². The third-order valence-electron chi connectivity index (χ3n) is 6.23. The molecule has 9 heteroatoms. The lowest BCUT2D eigenvalue weighted by Gasteiger charge is -2.34. The summed E-state index contributed by atoms with van der Waals surface area (Å²) >= 11 is 0. The van der Waals surface area contributed by atoms with Gasteiger partial charge in [0.1, 0.15) is 5.82 Å². The Balaban J connectivity index is 1.47. The highest BCUT2D eigenvalue weighted by atomic mass is 19.1. The SMILES string of the molecule is CCN1CCN(C(=O)/C(C)=C\C(=O)Nc2cc(Cc3n[nH]c(=O)c4ccccc34)ccc2F)CC1. The number of nitrogens with zero attached hydrogens (tertiary/aromatic N) is 3. The Hall–Kier alpha value is -3.85. The van der Waals surface area contributed by atoms with Crippen molar-refractivity contribution in [1.29, 1.82) is 0 Å². The number of likely N-dealkylation sites (N-methyl/N-ethyl adjacent to an activating group) is 1. The van der Waals surface area contributed by atoms with Gasteiger partial charge in [0.05, 0.1) is 16.8 Å². The Bertz CT molecular complexity index is 1340. The number of benzene rings is 2. The summed E-state index contributed by atoms with van der Waals surface area (Å²) in [6, 6.07) is 11.5.